The summed E-state index contributed by atoms with van der Waals surface area (Å²) in [5.41, 5.74) is 0. The van der Waals surface area contributed by atoms with Crippen molar-refractivity contribution < 1.29 is 9.26 Å². The normalized spacial score (nSPS) is 40.4. The maximum Gasteiger partial charge on any atom is 0.243 e. The molecule has 3 atom stereocenters. The van der Waals surface area contributed by atoms with E-state index in [4.69, 9.17) is 9.26 Å². The number of rotatable bonds is 3. The number of piperazine rings is 3. The zero-order valence-electron chi connectivity index (χ0n) is 11.8. The number of nitrogens with one attached hydrogen (secondary N) is 1. The van der Waals surface area contributed by atoms with Gasteiger partial charge in [-0.05, 0) is 6.42 Å². The lowest BCUT2D eigenvalue weighted by atomic mass is 10.1. The molecule has 110 valence electrons. The summed E-state index contributed by atoms with van der Waals surface area (Å²) >= 11 is 0. The molecule has 0 saturated carbocycles. The smallest absolute Gasteiger partial charge is 0.243 e. The van der Waals surface area contributed by atoms with Gasteiger partial charge in [-0.3, -0.25) is 9.80 Å². The van der Waals surface area contributed by atoms with Crippen LogP contribution in [0, 0.1) is 0 Å². The van der Waals surface area contributed by atoms with Crippen molar-refractivity contribution in [1.29, 1.82) is 0 Å². The molecule has 0 aromatic carbocycles. The van der Waals surface area contributed by atoms with Gasteiger partial charge in [0.1, 0.15) is 0 Å². The highest BCUT2D eigenvalue weighted by atomic mass is 16.5. The van der Waals surface area contributed by atoms with Gasteiger partial charge < -0.3 is 14.6 Å². The van der Waals surface area contributed by atoms with Crippen molar-refractivity contribution in [2.75, 3.05) is 46.4 Å². The van der Waals surface area contributed by atoms with Crippen LogP contribution >= 0.6 is 0 Å². The highest BCUT2D eigenvalue weighted by molar-refractivity contribution is 5.04. The van der Waals surface area contributed by atoms with Gasteiger partial charge in [0.2, 0.25) is 5.89 Å². The molecule has 0 aliphatic carbocycles. The molecule has 4 aliphatic rings. The Kier molecular flexibility index (Phi) is 3.22. The van der Waals surface area contributed by atoms with Crippen molar-refractivity contribution in [3.05, 3.63) is 11.7 Å². The highest BCUT2D eigenvalue weighted by Crippen LogP contribution is 2.29. The third-order valence-electron chi connectivity index (χ3n) is 4.76. The van der Waals surface area contributed by atoms with E-state index in [2.05, 4.69) is 25.3 Å². The Bertz CT molecular complexity index is 471. The molecule has 2 bridgehead atoms. The van der Waals surface area contributed by atoms with Gasteiger partial charge in [0.05, 0.1) is 18.2 Å². The maximum absolute atomic E-state index is 5.48. The molecule has 5 heterocycles. The Morgan fingerprint density at radius 2 is 2.15 bits per heavy atom. The standard InChI is InChI=1S/C13H21N5O2/c1-19-9-6-10(14-7-9)13-15-12(16-20-13)11-8-17-2-4-18(11)5-3-17/h9-11,14H,2-8H2,1H3. The number of methoxy groups -OCH3 is 1. The van der Waals surface area contributed by atoms with Crippen LogP contribution in [0.4, 0.5) is 0 Å². The summed E-state index contributed by atoms with van der Waals surface area (Å²) in [4.78, 5) is 9.59. The second-order valence-electron chi connectivity index (χ2n) is 5.90. The molecule has 3 unspecified atom stereocenters. The first-order valence-corrected chi connectivity index (χ1v) is 7.39. The minimum absolute atomic E-state index is 0.136. The summed E-state index contributed by atoms with van der Waals surface area (Å²) in [7, 11) is 1.74. The second kappa shape index (κ2) is 5.07. The lowest BCUT2D eigenvalue weighted by molar-refractivity contribution is 0.00781. The number of ether oxygens (including phenoxy) is 1. The van der Waals surface area contributed by atoms with Crippen molar-refractivity contribution in [1.82, 2.24) is 25.3 Å². The van der Waals surface area contributed by atoms with E-state index in [1.54, 1.807) is 7.11 Å². The lowest BCUT2D eigenvalue weighted by Gasteiger charge is -2.46. The van der Waals surface area contributed by atoms with Crippen LogP contribution < -0.4 is 5.32 Å². The van der Waals surface area contributed by atoms with Crippen LogP contribution in [0.3, 0.4) is 0 Å². The van der Waals surface area contributed by atoms with Crippen LogP contribution in [0.1, 0.15) is 30.2 Å². The monoisotopic (exact) mass is 279 g/mol. The molecule has 4 aliphatic heterocycles. The van der Waals surface area contributed by atoms with Gasteiger partial charge >= 0.3 is 0 Å². The predicted octanol–water partition coefficient (Wildman–Crippen LogP) is -0.209. The van der Waals surface area contributed by atoms with Gasteiger partial charge in [0.25, 0.3) is 0 Å². The first kappa shape index (κ1) is 12.7. The van der Waals surface area contributed by atoms with E-state index in [0.29, 0.717) is 11.9 Å². The van der Waals surface area contributed by atoms with E-state index in [9.17, 15) is 0 Å². The molecule has 7 nitrogen and oxygen atoms in total. The third kappa shape index (κ3) is 2.14. The van der Waals surface area contributed by atoms with Crippen LogP contribution in [-0.2, 0) is 4.74 Å². The maximum atomic E-state index is 5.48. The Morgan fingerprint density at radius 3 is 2.80 bits per heavy atom. The topological polar surface area (TPSA) is 66.7 Å². The largest absolute Gasteiger partial charge is 0.380 e. The molecule has 4 fully saturated rings. The van der Waals surface area contributed by atoms with E-state index in [-0.39, 0.29) is 12.1 Å². The number of aromatic nitrogens is 2. The zero-order valence-corrected chi connectivity index (χ0v) is 11.8. The quantitative estimate of drug-likeness (QED) is 0.821. The first-order chi connectivity index (χ1) is 9.83. The van der Waals surface area contributed by atoms with Crippen LogP contribution in [-0.4, -0.2) is 72.4 Å². The molecule has 1 aromatic rings. The average Bonchev–Trinajstić information content (AvgIpc) is 3.17. The summed E-state index contributed by atoms with van der Waals surface area (Å²) in [5.74, 6) is 1.55. The van der Waals surface area contributed by atoms with Crippen LogP contribution in [0.2, 0.25) is 0 Å². The summed E-state index contributed by atoms with van der Waals surface area (Å²) in [6.07, 6.45) is 1.15. The zero-order chi connectivity index (χ0) is 13.5. The van der Waals surface area contributed by atoms with Gasteiger partial charge in [-0.15, -0.1) is 0 Å². The SMILES string of the molecule is COC1CNC(c2nc(C3CN4CCN3CC4)no2)C1. The molecule has 7 heteroatoms. The second-order valence-corrected chi connectivity index (χ2v) is 5.90. The molecule has 20 heavy (non-hydrogen) atoms. The van der Waals surface area contributed by atoms with Crippen molar-refractivity contribution in [2.24, 2.45) is 0 Å². The molecule has 5 rings (SSSR count). The van der Waals surface area contributed by atoms with Crippen molar-refractivity contribution in [3.63, 3.8) is 0 Å². The minimum atomic E-state index is 0.136. The molecule has 1 aromatic heterocycles. The van der Waals surface area contributed by atoms with Crippen LogP contribution in [0.5, 0.6) is 0 Å². The van der Waals surface area contributed by atoms with E-state index < -0.39 is 0 Å². The van der Waals surface area contributed by atoms with Gasteiger partial charge in [-0.2, -0.15) is 4.98 Å². The Balaban J connectivity index is 1.48. The fourth-order valence-electron chi connectivity index (χ4n) is 3.46. The fourth-order valence-corrected chi connectivity index (χ4v) is 3.46. The Labute approximate surface area is 118 Å². The lowest BCUT2D eigenvalue weighted by Crippen LogP contribution is -2.57. The van der Waals surface area contributed by atoms with Gasteiger partial charge in [0.15, 0.2) is 5.82 Å². The number of nitrogens with zero attached hydrogens (tertiary/aromatic N) is 4. The van der Waals surface area contributed by atoms with E-state index in [0.717, 1.165) is 38.4 Å². The molecule has 0 spiro atoms. The third-order valence-corrected chi connectivity index (χ3v) is 4.76. The highest BCUT2D eigenvalue weighted by Gasteiger charge is 2.37. The predicted molar refractivity (Wildman–Crippen MR) is 71.2 cm³/mol. The van der Waals surface area contributed by atoms with E-state index in [1.165, 1.54) is 13.1 Å². The summed E-state index contributed by atoms with van der Waals surface area (Å²) in [6.45, 7) is 6.44. The van der Waals surface area contributed by atoms with Gasteiger partial charge in [-0.1, -0.05) is 5.16 Å². The molecular weight excluding hydrogens is 258 g/mol. The van der Waals surface area contributed by atoms with Gasteiger partial charge in [0, 0.05) is 46.4 Å². The number of hydrogen-bond donors (Lipinski definition) is 1. The Hall–Kier alpha value is -1.02. The fraction of sp³-hybridized carbons (Fsp3) is 0.846. The molecule has 1 N–H and O–H groups in total. The van der Waals surface area contributed by atoms with Crippen molar-refractivity contribution >= 4 is 0 Å². The minimum Gasteiger partial charge on any atom is -0.380 e. The Morgan fingerprint density at radius 1 is 1.30 bits per heavy atom. The average molecular weight is 279 g/mol. The molecule has 0 radical (unpaired) electrons. The summed E-state index contributed by atoms with van der Waals surface area (Å²) < 4.78 is 10.8. The number of hydrogen-bond acceptors (Lipinski definition) is 7. The van der Waals surface area contributed by atoms with Crippen LogP contribution in [0.15, 0.2) is 4.52 Å². The first-order valence-electron chi connectivity index (χ1n) is 7.39. The summed E-state index contributed by atoms with van der Waals surface area (Å²) in [5, 5.41) is 7.60. The van der Waals surface area contributed by atoms with Gasteiger partial charge in [-0.25, -0.2) is 0 Å². The van der Waals surface area contributed by atoms with E-state index >= 15 is 0 Å². The van der Waals surface area contributed by atoms with Crippen LogP contribution in [0.25, 0.3) is 0 Å². The molecule has 4 saturated heterocycles. The van der Waals surface area contributed by atoms with E-state index in [1.807, 2.05) is 0 Å². The molecule has 0 amide bonds. The summed E-state index contributed by atoms with van der Waals surface area (Å²) in [6, 6.07) is 0.437. The number of fused-ring (bicyclic) bond motifs is 3. The van der Waals surface area contributed by atoms with Crippen molar-refractivity contribution in [2.45, 2.75) is 24.6 Å². The molecular formula is C13H21N5O2. The van der Waals surface area contributed by atoms with Crippen molar-refractivity contribution in [3.8, 4) is 0 Å².